The van der Waals surface area contributed by atoms with Crippen molar-refractivity contribution in [3.8, 4) is 107 Å². The van der Waals surface area contributed by atoms with Crippen LogP contribution >= 0.6 is 35.2 Å². The van der Waals surface area contributed by atoms with E-state index in [1.54, 1.807) is 12.1 Å². The molecule has 4 aromatic rings. The standard InChI is InChI=1S/C32H14OP2.C14H16N2.2ClH.Ru/c1-5-8-11-18-25-34(4)30-23-16-14-21-28(30)32(33)29-22-15-17-24-31(29)35(26-19-12-9-6-2)27-20-13-10-7-3;15-13(11-7-3-1-4-8-11)14(16)12-9-5-2-6-10-12;;;/h1-3,14-17,21-24H,4H3;1-10,13-14H,15-16H2;2*1H;/q;;;;+4. The number of benzene rings is 4. The van der Waals surface area contributed by atoms with Gasteiger partial charge >= 0.3 is 34.5 Å². The molecular formula is C46H32Cl2N2OP2Ru+4. The van der Waals surface area contributed by atoms with Crippen molar-refractivity contribution in [3.05, 3.63) is 131 Å². The molecule has 3 unspecified atom stereocenters. The van der Waals surface area contributed by atoms with E-state index in [1.807, 2.05) is 104 Å². The van der Waals surface area contributed by atoms with Crippen LogP contribution in [-0.2, 0) is 15.1 Å². The number of nitrogens with two attached hydrogens (primary N) is 2. The van der Waals surface area contributed by atoms with Crippen LogP contribution < -0.4 is 22.1 Å². The first-order chi connectivity index (χ1) is 26.3. The summed E-state index contributed by atoms with van der Waals surface area (Å²) in [5.74, 6) is 30.0. The average Bonchev–Trinajstić information content (AvgIpc) is 3.22. The van der Waals surface area contributed by atoms with Gasteiger partial charge in [-0.15, -0.1) is 19.3 Å². The fourth-order valence-electron chi connectivity index (χ4n) is 4.57. The van der Waals surface area contributed by atoms with E-state index >= 15 is 0 Å². The number of halogens is 2. The summed E-state index contributed by atoms with van der Waals surface area (Å²) in [4.78, 5) is 13.8. The van der Waals surface area contributed by atoms with Gasteiger partial charge in [0.15, 0.2) is 7.92 Å². The average molecular weight is 863 g/mol. The van der Waals surface area contributed by atoms with Crippen molar-refractivity contribution in [2.75, 3.05) is 6.66 Å². The Labute approximate surface area is 338 Å². The molecule has 0 heterocycles. The van der Waals surface area contributed by atoms with E-state index < -0.39 is 15.8 Å². The van der Waals surface area contributed by atoms with Gasteiger partial charge in [-0.25, -0.2) is 0 Å². The van der Waals surface area contributed by atoms with Crippen LogP contribution in [0.15, 0.2) is 109 Å². The Hall–Kier alpha value is -5.43. The Morgan fingerprint density at radius 3 is 1.33 bits per heavy atom. The van der Waals surface area contributed by atoms with Gasteiger partial charge in [-0.1, -0.05) is 84.9 Å². The molecule has 0 amide bonds. The quantitative estimate of drug-likeness (QED) is 0.0933. The zero-order valence-electron chi connectivity index (χ0n) is 29.0. The number of carbonyl (C=O) groups excluding carboxylic acids is 1. The van der Waals surface area contributed by atoms with Gasteiger partial charge in [-0.2, -0.15) is 0 Å². The molecule has 3 nitrogen and oxygen atoms in total. The maximum atomic E-state index is 13.8. The molecule has 0 aliphatic heterocycles. The SMILES string of the molecule is C#CC#CC#C[PH+](C)c1ccccc1C(=O)c1ccccc1[PH+](C#CC#CC#C)C#CC#CC#C.NC(c1ccccc1)C(N)c1ccccc1.[Cl][Ru+2][Cl]. The molecule has 0 saturated heterocycles. The first-order valence-corrected chi connectivity index (χ1v) is 23.6. The minimum absolute atomic E-state index is 0.132. The van der Waals surface area contributed by atoms with Gasteiger partial charge in [-0.05, 0) is 70.9 Å². The van der Waals surface area contributed by atoms with Gasteiger partial charge < -0.3 is 11.5 Å². The first-order valence-electron chi connectivity index (χ1n) is 15.6. The molecule has 0 fully saturated rings. The second-order valence-corrected chi connectivity index (χ2v) is 16.7. The van der Waals surface area contributed by atoms with Crippen molar-refractivity contribution in [1.29, 1.82) is 0 Å². The number of hydrogen-bond donors (Lipinski definition) is 2. The van der Waals surface area contributed by atoms with Gasteiger partial charge in [0.05, 0.1) is 23.5 Å². The van der Waals surface area contributed by atoms with E-state index in [0.29, 0.717) is 11.1 Å². The van der Waals surface area contributed by atoms with Crippen LogP contribution in [0.4, 0.5) is 0 Å². The normalized spacial score (nSPS) is 10.2. The number of ketones is 1. The summed E-state index contributed by atoms with van der Waals surface area (Å²) in [7, 11) is 6.47. The Morgan fingerprint density at radius 1 is 0.556 bits per heavy atom. The molecule has 0 radical (unpaired) electrons. The van der Waals surface area contributed by atoms with Crippen LogP contribution in [0, 0.1) is 107 Å². The van der Waals surface area contributed by atoms with E-state index in [2.05, 4.69) is 88.0 Å². The van der Waals surface area contributed by atoms with Crippen molar-refractivity contribution in [2.24, 2.45) is 11.5 Å². The summed E-state index contributed by atoms with van der Waals surface area (Å²) in [6.07, 6.45) is 15.5. The monoisotopic (exact) mass is 862 g/mol. The molecular weight excluding hydrogens is 830 g/mol. The fourth-order valence-corrected chi connectivity index (χ4v) is 7.33. The Balaban J connectivity index is 0.000000437. The topological polar surface area (TPSA) is 69.1 Å². The van der Waals surface area contributed by atoms with Crippen LogP contribution in [0.1, 0.15) is 39.1 Å². The van der Waals surface area contributed by atoms with Crippen molar-refractivity contribution in [3.63, 3.8) is 0 Å². The van der Waals surface area contributed by atoms with E-state index in [4.69, 9.17) is 50.1 Å². The summed E-state index contributed by atoms with van der Waals surface area (Å²) in [6, 6.07) is 34.3. The van der Waals surface area contributed by atoms with Gasteiger partial charge in [-0.3, -0.25) is 4.79 Å². The van der Waals surface area contributed by atoms with Gasteiger partial charge in [0, 0.05) is 47.6 Å². The molecule has 260 valence electrons. The summed E-state index contributed by atoms with van der Waals surface area (Å²) in [6.45, 7) is 2.01. The molecule has 8 heteroatoms. The minimum atomic E-state index is -1.86. The first kappa shape index (κ1) is 44.7. The number of carbonyl (C=O) groups is 1. The van der Waals surface area contributed by atoms with Crippen molar-refractivity contribution < 1.29 is 19.9 Å². The van der Waals surface area contributed by atoms with Crippen LogP contribution in [0.3, 0.4) is 0 Å². The van der Waals surface area contributed by atoms with Gasteiger partial charge in [0.2, 0.25) is 5.78 Å². The molecule has 4 rings (SSSR count). The molecule has 3 atom stereocenters. The fraction of sp³-hybridized carbons (Fsp3) is 0.0652. The Morgan fingerprint density at radius 2 is 0.907 bits per heavy atom. The van der Waals surface area contributed by atoms with Crippen LogP contribution in [0.25, 0.3) is 0 Å². The molecule has 0 aliphatic rings. The molecule has 4 N–H and O–H groups in total. The Bertz CT molecular complexity index is 2300. The summed E-state index contributed by atoms with van der Waals surface area (Å²) < 4.78 is 0. The number of rotatable bonds is 7. The molecule has 0 aliphatic carbocycles. The molecule has 4 aromatic carbocycles. The molecule has 0 spiro atoms. The number of hydrogen-bond acceptors (Lipinski definition) is 3. The van der Waals surface area contributed by atoms with Crippen molar-refractivity contribution in [2.45, 2.75) is 12.1 Å². The number of terminal acetylenes is 3. The molecule has 0 bridgehead atoms. The van der Waals surface area contributed by atoms with Crippen molar-refractivity contribution >= 4 is 51.6 Å². The maximum absolute atomic E-state index is 13.8. The second-order valence-electron chi connectivity index (χ2n) is 10.3. The molecule has 54 heavy (non-hydrogen) atoms. The van der Waals surface area contributed by atoms with E-state index in [1.165, 1.54) is 0 Å². The third kappa shape index (κ3) is 15.7. The third-order valence-corrected chi connectivity index (χ3v) is 10.5. The zero-order valence-corrected chi connectivity index (χ0v) is 34.2. The van der Waals surface area contributed by atoms with E-state index in [9.17, 15) is 4.79 Å². The van der Waals surface area contributed by atoms with Crippen LogP contribution in [0.5, 0.6) is 0 Å². The van der Waals surface area contributed by atoms with Gasteiger partial charge in [0.1, 0.15) is 29.9 Å². The van der Waals surface area contributed by atoms with E-state index in [-0.39, 0.29) is 33.0 Å². The predicted octanol–water partition coefficient (Wildman–Crippen LogP) is 6.78. The third-order valence-electron chi connectivity index (χ3n) is 6.99. The van der Waals surface area contributed by atoms with Crippen molar-refractivity contribution in [1.82, 2.24) is 0 Å². The Kier molecular flexibility index (Phi) is 22.5. The van der Waals surface area contributed by atoms with Crippen LogP contribution in [0.2, 0.25) is 0 Å². The van der Waals surface area contributed by atoms with Crippen LogP contribution in [-0.4, -0.2) is 12.4 Å². The summed E-state index contributed by atoms with van der Waals surface area (Å²) in [5, 5.41) is 1.62. The molecule has 0 aromatic heterocycles. The molecule has 0 saturated carbocycles. The summed E-state index contributed by atoms with van der Waals surface area (Å²) in [5.41, 5.74) is 24.8. The van der Waals surface area contributed by atoms with Gasteiger partial charge in [0.25, 0.3) is 0 Å². The second kappa shape index (κ2) is 27.2. The summed E-state index contributed by atoms with van der Waals surface area (Å²) >= 11 is -0.346. The van der Waals surface area contributed by atoms with E-state index in [0.717, 1.165) is 21.7 Å². The predicted molar refractivity (Wildman–Crippen MR) is 230 cm³/mol. The zero-order chi connectivity index (χ0) is 39.4.